The molecule has 0 unspecified atom stereocenters. The minimum Gasteiger partial charge on any atom is -0.482 e. The summed E-state index contributed by atoms with van der Waals surface area (Å²) in [7, 11) is 0. The van der Waals surface area contributed by atoms with Crippen molar-refractivity contribution in [1.29, 1.82) is 0 Å². The molecule has 142 valence electrons. The number of urea groups is 1. The summed E-state index contributed by atoms with van der Waals surface area (Å²) >= 11 is 3.28. The number of nitrogens with one attached hydrogen (secondary N) is 1. The molecule has 1 aliphatic rings. The molecule has 0 spiro atoms. The Bertz CT molecular complexity index is 982. The monoisotopic (exact) mass is 444 g/mol. The van der Waals surface area contributed by atoms with Gasteiger partial charge >= 0.3 is 12.0 Å². The number of carbonyl (C=O) groups excluding carboxylic acids is 3. The predicted octanol–water partition coefficient (Wildman–Crippen LogP) is 2.58. The number of carbonyl (C=O) groups is 4. The molecule has 2 aromatic rings. The van der Waals surface area contributed by atoms with E-state index >= 15 is 0 Å². The van der Waals surface area contributed by atoms with Gasteiger partial charge in [0.2, 0.25) is 0 Å². The molecule has 1 aliphatic heterocycles. The summed E-state index contributed by atoms with van der Waals surface area (Å²) in [5, 5.41) is 10.8. The molecule has 0 bridgehead atoms. The van der Waals surface area contributed by atoms with Gasteiger partial charge in [0.1, 0.15) is 11.3 Å². The molecule has 2 aromatic carbocycles. The lowest BCUT2D eigenvalue weighted by atomic mass is 10.1. The maximum Gasteiger partial charge on any atom is 0.341 e. The molecule has 0 saturated carbocycles. The Morgan fingerprint density at radius 2 is 1.71 bits per heavy atom. The number of halogens is 1. The minimum absolute atomic E-state index is 0.207. The largest absolute Gasteiger partial charge is 0.482 e. The van der Waals surface area contributed by atoms with Gasteiger partial charge in [0.25, 0.3) is 11.8 Å². The van der Waals surface area contributed by atoms with Gasteiger partial charge in [-0.05, 0) is 48.0 Å². The number of nitrogens with zero attached hydrogens (tertiary/aromatic N) is 1. The maximum atomic E-state index is 12.8. The molecule has 0 atom stereocenters. The van der Waals surface area contributed by atoms with Crippen LogP contribution in [0, 0.1) is 0 Å². The van der Waals surface area contributed by atoms with Crippen molar-refractivity contribution in [2.75, 3.05) is 11.5 Å². The van der Waals surface area contributed by atoms with Crippen LogP contribution in [0.5, 0.6) is 5.75 Å². The first-order valence-electron chi connectivity index (χ1n) is 7.97. The Balaban J connectivity index is 1.86. The van der Waals surface area contributed by atoms with Crippen LogP contribution in [0.4, 0.5) is 10.5 Å². The SMILES string of the molecule is O=C(O)COc1ccc(C=C2C(=O)NC(=O)N(c3ccc(Br)cc3)C2=O)cc1. The quantitative estimate of drug-likeness (QED) is 0.541. The fourth-order valence-electron chi connectivity index (χ4n) is 2.45. The van der Waals surface area contributed by atoms with Crippen LogP contribution in [-0.4, -0.2) is 35.5 Å². The lowest BCUT2D eigenvalue weighted by Gasteiger charge is -2.26. The fraction of sp³-hybridized carbons (Fsp3) is 0.0526. The molecule has 9 heteroatoms. The van der Waals surface area contributed by atoms with E-state index in [0.29, 0.717) is 17.0 Å². The molecule has 3 rings (SSSR count). The highest BCUT2D eigenvalue weighted by Gasteiger charge is 2.36. The summed E-state index contributed by atoms with van der Waals surface area (Å²) in [5.41, 5.74) is 0.620. The van der Waals surface area contributed by atoms with Crippen molar-refractivity contribution in [2.24, 2.45) is 0 Å². The fourth-order valence-corrected chi connectivity index (χ4v) is 2.72. The third-order valence-electron chi connectivity index (χ3n) is 3.74. The second-order valence-corrected chi connectivity index (χ2v) is 6.60. The van der Waals surface area contributed by atoms with Crippen LogP contribution < -0.4 is 15.0 Å². The van der Waals surface area contributed by atoms with E-state index in [0.717, 1.165) is 9.37 Å². The van der Waals surface area contributed by atoms with Crippen LogP contribution >= 0.6 is 15.9 Å². The number of imide groups is 2. The highest BCUT2D eigenvalue weighted by Crippen LogP contribution is 2.24. The van der Waals surface area contributed by atoms with Crippen molar-refractivity contribution in [3.8, 4) is 5.75 Å². The van der Waals surface area contributed by atoms with Crippen molar-refractivity contribution in [3.63, 3.8) is 0 Å². The second kappa shape index (κ2) is 8.05. The third-order valence-corrected chi connectivity index (χ3v) is 4.27. The summed E-state index contributed by atoms with van der Waals surface area (Å²) in [6, 6.07) is 11.8. The smallest absolute Gasteiger partial charge is 0.341 e. The topological polar surface area (TPSA) is 113 Å². The predicted molar refractivity (Wildman–Crippen MR) is 103 cm³/mol. The molecule has 28 heavy (non-hydrogen) atoms. The summed E-state index contributed by atoms with van der Waals surface area (Å²) in [6.45, 7) is -0.481. The van der Waals surface area contributed by atoms with Crippen molar-refractivity contribution in [3.05, 3.63) is 64.1 Å². The summed E-state index contributed by atoms with van der Waals surface area (Å²) in [4.78, 5) is 48.4. The Hall–Kier alpha value is -3.46. The van der Waals surface area contributed by atoms with Crippen molar-refractivity contribution < 1.29 is 29.0 Å². The molecule has 2 N–H and O–H groups in total. The average Bonchev–Trinajstić information content (AvgIpc) is 2.66. The van der Waals surface area contributed by atoms with E-state index in [1.165, 1.54) is 18.2 Å². The Morgan fingerprint density at radius 3 is 2.32 bits per heavy atom. The van der Waals surface area contributed by atoms with Gasteiger partial charge in [0, 0.05) is 4.47 Å². The standard InChI is InChI=1S/C19H13BrN2O6/c20-12-3-5-13(6-4-12)22-18(26)15(17(25)21-19(22)27)9-11-1-7-14(8-2-11)28-10-16(23)24/h1-9H,10H2,(H,23,24)(H,21,25,27). The van der Waals surface area contributed by atoms with Crippen LogP contribution in [0.2, 0.25) is 0 Å². The zero-order valence-corrected chi connectivity index (χ0v) is 15.8. The van der Waals surface area contributed by atoms with Crippen LogP contribution in [0.15, 0.2) is 58.6 Å². The molecule has 1 fully saturated rings. The van der Waals surface area contributed by atoms with Gasteiger partial charge in [-0.3, -0.25) is 14.9 Å². The third kappa shape index (κ3) is 4.26. The highest BCUT2D eigenvalue weighted by molar-refractivity contribution is 9.10. The molecule has 1 heterocycles. The van der Waals surface area contributed by atoms with Gasteiger partial charge in [-0.25, -0.2) is 14.5 Å². The van der Waals surface area contributed by atoms with Crippen LogP contribution in [-0.2, 0) is 14.4 Å². The Labute approximate surface area is 167 Å². The zero-order chi connectivity index (χ0) is 20.3. The lowest BCUT2D eigenvalue weighted by molar-refractivity contribution is -0.139. The lowest BCUT2D eigenvalue weighted by Crippen LogP contribution is -2.54. The van der Waals surface area contributed by atoms with E-state index in [1.807, 2.05) is 0 Å². The molecular formula is C19H13BrN2O6. The first kappa shape index (κ1) is 19.3. The van der Waals surface area contributed by atoms with E-state index in [4.69, 9.17) is 9.84 Å². The number of amides is 4. The minimum atomic E-state index is -1.10. The van der Waals surface area contributed by atoms with Crippen LogP contribution in [0.1, 0.15) is 5.56 Å². The Morgan fingerprint density at radius 1 is 1.07 bits per heavy atom. The van der Waals surface area contributed by atoms with Gasteiger partial charge in [-0.2, -0.15) is 0 Å². The maximum absolute atomic E-state index is 12.8. The van der Waals surface area contributed by atoms with Gasteiger partial charge in [0.15, 0.2) is 6.61 Å². The van der Waals surface area contributed by atoms with Gasteiger partial charge in [0.05, 0.1) is 5.69 Å². The number of aliphatic carboxylic acids is 1. The first-order chi connectivity index (χ1) is 13.3. The molecule has 0 aliphatic carbocycles. The van der Waals surface area contributed by atoms with E-state index in [1.54, 1.807) is 36.4 Å². The number of anilines is 1. The number of barbiturate groups is 1. The number of hydrogen-bond donors (Lipinski definition) is 2. The number of rotatable bonds is 5. The average molecular weight is 445 g/mol. The highest BCUT2D eigenvalue weighted by atomic mass is 79.9. The van der Waals surface area contributed by atoms with Gasteiger partial charge < -0.3 is 9.84 Å². The van der Waals surface area contributed by atoms with Gasteiger partial charge in [-0.15, -0.1) is 0 Å². The first-order valence-corrected chi connectivity index (χ1v) is 8.76. The number of benzene rings is 2. The van der Waals surface area contributed by atoms with Crippen molar-refractivity contribution in [1.82, 2.24) is 5.32 Å². The van der Waals surface area contributed by atoms with Crippen LogP contribution in [0.25, 0.3) is 6.08 Å². The van der Waals surface area contributed by atoms with E-state index < -0.39 is 30.4 Å². The molecular weight excluding hydrogens is 432 g/mol. The van der Waals surface area contributed by atoms with E-state index in [9.17, 15) is 19.2 Å². The zero-order valence-electron chi connectivity index (χ0n) is 14.2. The van der Waals surface area contributed by atoms with Crippen molar-refractivity contribution in [2.45, 2.75) is 0 Å². The molecule has 8 nitrogen and oxygen atoms in total. The van der Waals surface area contributed by atoms with E-state index in [2.05, 4.69) is 21.2 Å². The number of carboxylic acids is 1. The second-order valence-electron chi connectivity index (χ2n) is 5.69. The summed E-state index contributed by atoms with van der Waals surface area (Å²) in [6.07, 6.45) is 1.34. The molecule has 0 radical (unpaired) electrons. The van der Waals surface area contributed by atoms with Crippen molar-refractivity contribution >= 4 is 51.5 Å². The molecule has 1 saturated heterocycles. The van der Waals surface area contributed by atoms with Crippen LogP contribution in [0.3, 0.4) is 0 Å². The molecule has 4 amide bonds. The summed E-state index contributed by atoms with van der Waals surface area (Å²) < 4.78 is 5.81. The van der Waals surface area contributed by atoms with Gasteiger partial charge in [-0.1, -0.05) is 28.1 Å². The number of hydrogen-bond acceptors (Lipinski definition) is 5. The number of ether oxygens (including phenoxy) is 1. The number of carboxylic acid groups (broad SMARTS) is 1. The summed E-state index contributed by atoms with van der Waals surface area (Å²) in [5.74, 6) is -2.32. The molecule has 0 aromatic heterocycles. The normalized spacial score (nSPS) is 15.5. The Kier molecular flexibility index (Phi) is 5.55. The van der Waals surface area contributed by atoms with E-state index in [-0.39, 0.29) is 5.57 Å².